The molecule has 3 aliphatic rings. The first kappa shape index (κ1) is 31.2. The van der Waals surface area contributed by atoms with E-state index in [0.717, 1.165) is 19.1 Å². The zero-order chi connectivity index (χ0) is 31.0. The van der Waals surface area contributed by atoms with Gasteiger partial charge in [-0.3, -0.25) is 9.59 Å². The number of nitrogens with one attached hydrogen (secondary N) is 1. The quantitative estimate of drug-likeness (QED) is 0.438. The number of alkyl halides is 3. The molecule has 12 nitrogen and oxygen atoms in total. The number of nitrogens with zero attached hydrogens (tertiary/aromatic N) is 3. The molecule has 1 saturated carbocycles. The van der Waals surface area contributed by atoms with Crippen LogP contribution < -0.4 is 11.1 Å². The largest absolute Gasteiger partial charge is 0.490 e. The summed E-state index contributed by atoms with van der Waals surface area (Å²) in [7, 11) is -3.71. The fourth-order valence-electron chi connectivity index (χ4n) is 4.84. The molecule has 2 fully saturated rings. The van der Waals surface area contributed by atoms with Gasteiger partial charge in [0.1, 0.15) is 0 Å². The maximum Gasteiger partial charge on any atom is 0.490 e. The summed E-state index contributed by atoms with van der Waals surface area (Å²) in [6, 6.07) is 3.21. The SMILES string of the molecule is CC(C1CC1)N1Cc2cc(-c3cnc(N)c(C(=O)NC4CCOCC4)n3)cc(S(C)(=O)=O)c2C1=O.O=C(O)C(F)(F)F. The molecule has 0 spiro atoms. The van der Waals surface area contributed by atoms with E-state index in [-0.39, 0.29) is 40.0 Å². The van der Waals surface area contributed by atoms with Gasteiger partial charge in [-0.2, -0.15) is 13.2 Å². The number of aliphatic carboxylic acids is 1. The molecule has 4 N–H and O–H groups in total. The molecule has 1 unspecified atom stereocenters. The van der Waals surface area contributed by atoms with E-state index in [1.807, 2.05) is 6.92 Å². The lowest BCUT2D eigenvalue weighted by Gasteiger charge is -2.24. The summed E-state index contributed by atoms with van der Waals surface area (Å²) >= 11 is 0. The molecule has 228 valence electrons. The van der Waals surface area contributed by atoms with Gasteiger partial charge in [0.25, 0.3) is 11.8 Å². The molecule has 1 aliphatic carbocycles. The number of carboxylic acid groups (broad SMARTS) is 1. The van der Waals surface area contributed by atoms with E-state index in [2.05, 4.69) is 15.3 Å². The van der Waals surface area contributed by atoms with Crippen LogP contribution in [0, 0.1) is 5.92 Å². The Kier molecular flexibility index (Phi) is 8.78. The number of carbonyl (C=O) groups is 3. The lowest BCUT2D eigenvalue weighted by atomic mass is 10.0. The van der Waals surface area contributed by atoms with Crippen molar-refractivity contribution in [2.75, 3.05) is 25.2 Å². The van der Waals surface area contributed by atoms with E-state index >= 15 is 0 Å². The number of nitrogen functional groups attached to an aromatic ring is 1. The van der Waals surface area contributed by atoms with E-state index in [1.54, 1.807) is 11.0 Å². The van der Waals surface area contributed by atoms with Crippen molar-refractivity contribution >= 4 is 33.4 Å². The molecular formula is C26H30F3N5O7S. The van der Waals surface area contributed by atoms with Crippen LogP contribution in [0.2, 0.25) is 0 Å². The van der Waals surface area contributed by atoms with Gasteiger partial charge in [0.15, 0.2) is 21.3 Å². The molecule has 2 aliphatic heterocycles. The van der Waals surface area contributed by atoms with Gasteiger partial charge in [0.05, 0.1) is 22.3 Å². The minimum absolute atomic E-state index is 0.0117. The van der Waals surface area contributed by atoms with Crippen LogP contribution in [-0.4, -0.2) is 83.9 Å². The number of carboxylic acids is 1. The van der Waals surface area contributed by atoms with E-state index in [4.69, 9.17) is 20.4 Å². The van der Waals surface area contributed by atoms with Gasteiger partial charge in [-0.1, -0.05) is 0 Å². The molecule has 1 saturated heterocycles. The van der Waals surface area contributed by atoms with Crippen molar-refractivity contribution in [3.63, 3.8) is 0 Å². The van der Waals surface area contributed by atoms with Crippen molar-refractivity contribution in [3.05, 3.63) is 35.2 Å². The Labute approximate surface area is 239 Å². The highest BCUT2D eigenvalue weighted by Gasteiger charge is 2.41. The van der Waals surface area contributed by atoms with E-state index < -0.39 is 27.9 Å². The van der Waals surface area contributed by atoms with Crippen molar-refractivity contribution < 1.29 is 45.8 Å². The third-order valence-corrected chi connectivity index (χ3v) is 8.43. The summed E-state index contributed by atoms with van der Waals surface area (Å²) in [5, 5.41) is 10.0. The predicted molar refractivity (Wildman–Crippen MR) is 142 cm³/mol. The zero-order valence-corrected chi connectivity index (χ0v) is 23.6. The highest BCUT2D eigenvalue weighted by atomic mass is 32.2. The molecule has 1 atom stereocenters. The number of aromatic nitrogens is 2. The van der Waals surface area contributed by atoms with Crippen LogP contribution in [0.5, 0.6) is 0 Å². The maximum atomic E-state index is 13.2. The normalized spacial score (nSPS) is 18.1. The molecule has 3 heterocycles. The summed E-state index contributed by atoms with van der Waals surface area (Å²) in [5.41, 5.74) is 7.57. The van der Waals surface area contributed by atoms with Crippen molar-refractivity contribution in [2.45, 2.75) is 62.3 Å². The zero-order valence-electron chi connectivity index (χ0n) is 22.8. The van der Waals surface area contributed by atoms with Gasteiger partial charge in [0, 0.05) is 43.7 Å². The number of hydrogen-bond acceptors (Lipinski definition) is 9. The number of halogens is 3. The fraction of sp³-hybridized carbons (Fsp3) is 0.500. The minimum Gasteiger partial charge on any atom is -0.475 e. The van der Waals surface area contributed by atoms with Gasteiger partial charge in [-0.05, 0) is 56.2 Å². The number of fused-ring (bicyclic) bond motifs is 1. The molecule has 2 amide bonds. The monoisotopic (exact) mass is 613 g/mol. The fourth-order valence-corrected chi connectivity index (χ4v) is 5.77. The number of nitrogens with two attached hydrogens (primary N) is 1. The number of ether oxygens (including phenoxy) is 1. The van der Waals surface area contributed by atoms with Crippen LogP contribution in [0.3, 0.4) is 0 Å². The van der Waals surface area contributed by atoms with Gasteiger partial charge in [-0.15, -0.1) is 0 Å². The Hall–Kier alpha value is -3.79. The third kappa shape index (κ3) is 6.98. The Balaban J connectivity index is 0.000000517. The molecule has 5 rings (SSSR count). The Bertz CT molecular complexity index is 1510. The second kappa shape index (κ2) is 11.8. The number of carbonyl (C=O) groups excluding carboxylic acids is 2. The number of rotatable bonds is 6. The van der Waals surface area contributed by atoms with Crippen molar-refractivity contribution in [2.24, 2.45) is 5.92 Å². The molecular weight excluding hydrogens is 583 g/mol. The first-order chi connectivity index (χ1) is 19.6. The number of amides is 2. The molecule has 0 bridgehead atoms. The summed E-state index contributed by atoms with van der Waals surface area (Å²) in [5.74, 6) is -3.01. The van der Waals surface area contributed by atoms with Crippen LogP contribution in [0.4, 0.5) is 19.0 Å². The maximum absolute atomic E-state index is 13.2. The highest BCUT2D eigenvalue weighted by Crippen LogP contribution is 2.40. The lowest BCUT2D eigenvalue weighted by Crippen LogP contribution is -2.39. The molecule has 2 aromatic rings. The lowest BCUT2D eigenvalue weighted by molar-refractivity contribution is -0.192. The Morgan fingerprint density at radius 1 is 1.19 bits per heavy atom. The average molecular weight is 614 g/mol. The molecule has 1 aromatic carbocycles. The van der Waals surface area contributed by atoms with Crippen LogP contribution >= 0.6 is 0 Å². The number of sulfone groups is 1. The van der Waals surface area contributed by atoms with Crippen LogP contribution in [0.25, 0.3) is 11.3 Å². The topological polar surface area (TPSA) is 182 Å². The van der Waals surface area contributed by atoms with Crippen LogP contribution in [0.15, 0.2) is 23.2 Å². The minimum atomic E-state index is -5.08. The smallest absolute Gasteiger partial charge is 0.475 e. The summed E-state index contributed by atoms with van der Waals surface area (Å²) in [6.07, 6.45) is 0.969. The van der Waals surface area contributed by atoms with Gasteiger partial charge in [0.2, 0.25) is 0 Å². The second-order valence-electron chi connectivity index (χ2n) is 10.4. The highest BCUT2D eigenvalue weighted by molar-refractivity contribution is 7.90. The van der Waals surface area contributed by atoms with Gasteiger partial charge >= 0.3 is 12.1 Å². The first-order valence-corrected chi connectivity index (χ1v) is 15.0. The molecule has 0 radical (unpaired) electrons. The average Bonchev–Trinajstić information content (AvgIpc) is 3.71. The van der Waals surface area contributed by atoms with Gasteiger partial charge < -0.3 is 25.8 Å². The Morgan fingerprint density at radius 2 is 1.81 bits per heavy atom. The standard InChI is InChI=1S/C24H29N5O5S.C2HF3O2/c1-13(14-3-4-14)29-12-16-9-15(10-19(35(2,32)33)20(16)24(29)31)18-11-26-22(25)21(28-18)23(30)27-17-5-7-34-8-6-17;3-2(4,5)1(6)7/h9-11,13-14,17H,3-8,12H2,1-2H3,(H2,25,26)(H,27,30);(H,6,7). The van der Waals surface area contributed by atoms with E-state index in [1.165, 1.54) is 12.3 Å². The number of hydrogen-bond donors (Lipinski definition) is 3. The van der Waals surface area contributed by atoms with Crippen molar-refractivity contribution in [1.82, 2.24) is 20.2 Å². The summed E-state index contributed by atoms with van der Waals surface area (Å²) < 4.78 is 62.5. The van der Waals surface area contributed by atoms with E-state index in [9.17, 15) is 31.2 Å². The predicted octanol–water partition coefficient (Wildman–Crippen LogP) is 2.43. The van der Waals surface area contributed by atoms with Gasteiger partial charge in [-0.25, -0.2) is 23.2 Å². The Morgan fingerprint density at radius 3 is 2.36 bits per heavy atom. The van der Waals surface area contributed by atoms with E-state index in [0.29, 0.717) is 55.3 Å². The van der Waals surface area contributed by atoms with Crippen LogP contribution in [-0.2, 0) is 25.9 Å². The van der Waals surface area contributed by atoms with Crippen LogP contribution in [0.1, 0.15) is 59.0 Å². The molecule has 42 heavy (non-hydrogen) atoms. The molecule has 16 heteroatoms. The number of anilines is 1. The number of benzene rings is 1. The van der Waals surface area contributed by atoms with Crippen molar-refractivity contribution in [3.8, 4) is 11.3 Å². The van der Waals surface area contributed by atoms with Crippen molar-refractivity contribution in [1.29, 1.82) is 0 Å². The second-order valence-corrected chi connectivity index (χ2v) is 12.4. The third-order valence-electron chi connectivity index (χ3n) is 7.31. The molecule has 1 aromatic heterocycles. The summed E-state index contributed by atoms with van der Waals surface area (Å²) in [4.78, 5) is 45.3. The first-order valence-electron chi connectivity index (χ1n) is 13.1. The summed E-state index contributed by atoms with van der Waals surface area (Å²) in [6.45, 7) is 3.49.